The number of nitrogens with zero attached hydrogens (tertiary/aromatic N) is 2. The van der Waals surface area contributed by atoms with E-state index in [1.807, 2.05) is 30.3 Å². The van der Waals surface area contributed by atoms with E-state index >= 15 is 0 Å². The predicted molar refractivity (Wildman–Crippen MR) is 90.3 cm³/mol. The monoisotopic (exact) mass is 311 g/mol. The first kappa shape index (κ1) is 16.0. The van der Waals surface area contributed by atoms with Crippen LogP contribution in [0.5, 0.6) is 0 Å². The van der Waals surface area contributed by atoms with E-state index in [1.165, 1.54) is 0 Å². The lowest BCUT2D eigenvalue weighted by Crippen LogP contribution is -2.26. The Labute approximate surface area is 133 Å². The molecular formula is C16H17N5O2. The molecule has 2 rings (SSSR count). The SMILES string of the molecule is NC(N)=NC(N)=Nc1cccc(-c2ccc(CC(=O)O)cc2)c1. The minimum absolute atomic E-state index is 0.000336. The van der Waals surface area contributed by atoms with Crippen molar-refractivity contribution < 1.29 is 9.90 Å². The van der Waals surface area contributed by atoms with Crippen LogP contribution in [-0.2, 0) is 11.2 Å². The molecule has 0 radical (unpaired) electrons. The number of aliphatic imine (C=N–C) groups is 2. The zero-order chi connectivity index (χ0) is 16.8. The quantitative estimate of drug-likeness (QED) is 0.496. The smallest absolute Gasteiger partial charge is 0.307 e. The minimum Gasteiger partial charge on any atom is -0.481 e. The van der Waals surface area contributed by atoms with Crippen LogP contribution in [0.4, 0.5) is 5.69 Å². The van der Waals surface area contributed by atoms with Gasteiger partial charge in [0.05, 0.1) is 12.1 Å². The summed E-state index contributed by atoms with van der Waals surface area (Å²) in [6.07, 6.45) is -0.000336. The van der Waals surface area contributed by atoms with E-state index in [9.17, 15) is 4.79 Å². The van der Waals surface area contributed by atoms with Crippen LogP contribution in [0.2, 0.25) is 0 Å². The van der Waals surface area contributed by atoms with Crippen LogP contribution in [0.25, 0.3) is 11.1 Å². The molecular weight excluding hydrogens is 294 g/mol. The second-order valence-corrected chi connectivity index (χ2v) is 4.82. The minimum atomic E-state index is -0.857. The average molecular weight is 311 g/mol. The van der Waals surface area contributed by atoms with E-state index in [0.717, 1.165) is 16.7 Å². The van der Waals surface area contributed by atoms with Crippen LogP contribution in [0.3, 0.4) is 0 Å². The van der Waals surface area contributed by atoms with Gasteiger partial charge in [0.25, 0.3) is 0 Å². The van der Waals surface area contributed by atoms with Crippen LogP contribution in [0, 0.1) is 0 Å². The number of carboxylic acid groups (broad SMARTS) is 1. The summed E-state index contributed by atoms with van der Waals surface area (Å²) in [5.41, 5.74) is 19.3. The van der Waals surface area contributed by atoms with Crippen molar-refractivity contribution in [3.63, 3.8) is 0 Å². The molecule has 2 aromatic carbocycles. The molecule has 0 fully saturated rings. The third kappa shape index (κ3) is 4.85. The molecule has 0 aliphatic carbocycles. The van der Waals surface area contributed by atoms with Crippen LogP contribution in [0.1, 0.15) is 5.56 Å². The third-order valence-corrected chi connectivity index (χ3v) is 2.98. The van der Waals surface area contributed by atoms with Crippen LogP contribution in [-0.4, -0.2) is 23.0 Å². The molecule has 2 aromatic rings. The lowest BCUT2D eigenvalue weighted by molar-refractivity contribution is -0.136. The number of benzene rings is 2. The van der Waals surface area contributed by atoms with Crippen LogP contribution < -0.4 is 17.2 Å². The molecule has 0 spiro atoms. The van der Waals surface area contributed by atoms with Crippen LogP contribution >= 0.6 is 0 Å². The number of aliphatic carboxylic acids is 1. The van der Waals surface area contributed by atoms with Gasteiger partial charge in [0.1, 0.15) is 0 Å². The standard InChI is InChI=1S/C16H17N5O2/c17-15(18)21-16(19)20-13-3-1-2-12(9-13)11-6-4-10(5-7-11)8-14(22)23/h1-7,9H,8H2,(H,22,23)(H6,17,18,19,20,21). The maximum Gasteiger partial charge on any atom is 0.307 e. The van der Waals surface area contributed by atoms with Crippen molar-refractivity contribution in [1.82, 2.24) is 0 Å². The number of rotatable bonds is 4. The van der Waals surface area contributed by atoms with Gasteiger partial charge in [0, 0.05) is 0 Å². The maximum absolute atomic E-state index is 10.7. The Morgan fingerprint density at radius 3 is 2.30 bits per heavy atom. The Morgan fingerprint density at radius 2 is 1.70 bits per heavy atom. The fourth-order valence-corrected chi connectivity index (χ4v) is 2.03. The zero-order valence-electron chi connectivity index (χ0n) is 12.3. The van der Waals surface area contributed by atoms with Crippen molar-refractivity contribution in [1.29, 1.82) is 0 Å². The number of hydrogen-bond donors (Lipinski definition) is 4. The summed E-state index contributed by atoms with van der Waals surface area (Å²) in [6.45, 7) is 0. The summed E-state index contributed by atoms with van der Waals surface area (Å²) in [4.78, 5) is 18.5. The molecule has 7 heteroatoms. The van der Waals surface area contributed by atoms with Crippen molar-refractivity contribution in [3.05, 3.63) is 54.1 Å². The van der Waals surface area contributed by atoms with Crippen molar-refractivity contribution in [2.24, 2.45) is 27.2 Å². The van der Waals surface area contributed by atoms with E-state index < -0.39 is 5.97 Å². The summed E-state index contributed by atoms with van der Waals surface area (Å²) in [6, 6.07) is 14.7. The fourth-order valence-electron chi connectivity index (χ4n) is 2.03. The number of guanidine groups is 2. The Hall–Kier alpha value is -3.35. The Kier molecular flexibility index (Phi) is 4.93. The first-order chi connectivity index (χ1) is 10.9. The van der Waals surface area contributed by atoms with Gasteiger partial charge >= 0.3 is 5.97 Å². The normalized spacial score (nSPS) is 11.0. The van der Waals surface area contributed by atoms with E-state index in [4.69, 9.17) is 22.3 Å². The fraction of sp³-hybridized carbons (Fsp3) is 0.0625. The van der Waals surface area contributed by atoms with Gasteiger partial charge in [-0.1, -0.05) is 36.4 Å². The molecule has 0 aromatic heterocycles. The number of nitrogens with two attached hydrogens (primary N) is 3. The average Bonchev–Trinajstić information content (AvgIpc) is 2.46. The highest BCUT2D eigenvalue weighted by atomic mass is 16.4. The van der Waals surface area contributed by atoms with Crippen molar-refractivity contribution in [2.75, 3.05) is 0 Å². The van der Waals surface area contributed by atoms with Gasteiger partial charge in [0.15, 0.2) is 5.96 Å². The summed E-state index contributed by atoms with van der Waals surface area (Å²) in [7, 11) is 0. The Bertz CT molecular complexity index is 762. The predicted octanol–water partition coefficient (Wildman–Crippen LogP) is 1.20. The summed E-state index contributed by atoms with van der Waals surface area (Å²) >= 11 is 0. The van der Waals surface area contributed by atoms with E-state index in [2.05, 4.69) is 9.98 Å². The van der Waals surface area contributed by atoms with Crippen molar-refractivity contribution >= 4 is 23.6 Å². The van der Waals surface area contributed by atoms with Gasteiger partial charge in [-0.2, -0.15) is 4.99 Å². The number of carboxylic acids is 1. The lowest BCUT2D eigenvalue weighted by atomic mass is 10.0. The molecule has 23 heavy (non-hydrogen) atoms. The third-order valence-electron chi connectivity index (χ3n) is 2.98. The molecule has 7 nitrogen and oxygen atoms in total. The molecule has 0 unspecified atom stereocenters. The van der Waals surface area contributed by atoms with Gasteiger partial charge in [-0.25, -0.2) is 4.99 Å². The maximum atomic E-state index is 10.7. The molecule has 0 saturated heterocycles. The summed E-state index contributed by atoms with van der Waals surface area (Å²) < 4.78 is 0. The van der Waals surface area contributed by atoms with Gasteiger partial charge < -0.3 is 22.3 Å². The molecule has 0 atom stereocenters. The highest BCUT2D eigenvalue weighted by Gasteiger charge is 2.03. The molecule has 118 valence electrons. The van der Waals surface area contributed by atoms with Crippen molar-refractivity contribution in [3.8, 4) is 11.1 Å². The second kappa shape index (κ2) is 7.08. The highest BCUT2D eigenvalue weighted by molar-refractivity contribution is 5.93. The largest absolute Gasteiger partial charge is 0.481 e. The van der Waals surface area contributed by atoms with Gasteiger partial charge in [-0.3, -0.25) is 4.79 Å². The van der Waals surface area contributed by atoms with Gasteiger partial charge in [-0.05, 0) is 28.8 Å². The number of carbonyl (C=O) groups is 1. The van der Waals surface area contributed by atoms with Gasteiger partial charge in [-0.15, -0.1) is 0 Å². The molecule has 0 bridgehead atoms. The molecule has 0 heterocycles. The molecule has 0 aliphatic heterocycles. The summed E-state index contributed by atoms with van der Waals surface area (Å²) in [5, 5.41) is 8.78. The van der Waals surface area contributed by atoms with Crippen molar-refractivity contribution in [2.45, 2.75) is 6.42 Å². The Morgan fingerprint density at radius 1 is 1.00 bits per heavy atom. The topological polar surface area (TPSA) is 140 Å². The van der Waals surface area contributed by atoms with E-state index in [1.54, 1.807) is 18.2 Å². The second-order valence-electron chi connectivity index (χ2n) is 4.82. The molecule has 0 saturated carbocycles. The first-order valence-electron chi connectivity index (χ1n) is 6.79. The summed E-state index contributed by atoms with van der Waals surface area (Å²) in [5.74, 6) is -1.04. The molecule has 0 aliphatic rings. The highest BCUT2D eigenvalue weighted by Crippen LogP contribution is 2.24. The molecule has 7 N–H and O–H groups in total. The Balaban J connectivity index is 2.26. The van der Waals surface area contributed by atoms with Gasteiger partial charge in [0.2, 0.25) is 5.96 Å². The molecule has 0 amide bonds. The number of hydrogen-bond acceptors (Lipinski definition) is 2. The van der Waals surface area contributed by atoms with E-state index in [-0.39, 0.29) is 18.3 Å². The van der Waals surface area contributed by atoms with E-state index in [0.29, 0.717) is 5.69 Å². The lowest BCUT2D eigenvalue weighted by Gasteiger charge is -2.04. The zero-order valence-corrected chi connectivity index (χ0v) is 12.3. The van der Waals surface area contributed by atoms with Crippen LogP contribution in [0.15, 0.2) is 58.5 Å². The first-order valence-corrected chi connectivity index (χ1v) is 6.79.